The van der Waals surface area contributed by atoms with E-state index in [4.69, 9.17) is 15.2 Å². The zero-order valence-electron chi connectivity index (χ0n) is 10.7. The van der Waals surface area contributed by atoms with Gasteiger partial charge in [0.25, 0.3) is 0 Å². The molecule has 3 nitrogen and oxygen atoms in total. The van der Waals surface area contributed by atoms with Crippen molar-refractivity contribution in [2.24, 2.45) is 5.73 Å². The van der Waals surface area contributed by atoms with Crippen molar-refractivity contribution in [2.45, 2.75) is 18.9 Å². The summed E-state index contributed by atoms with van der Waals surface area (Å²) in [6.45, 7) is 0.314. The van der Waals surface area contributed by atoms with Gasteiger partial charge in [0.15, 0.2) is 11.5 Å². The third-order valence-electron chi connectivity index (χ3n) is 3.28. The number of nitrogens with two attached hydrogens (primary N) is 1. The summed E-state index contributed by atoms with van der Waals surface area (Å²) in [6.07, 6.45) is 1.72. The molecule has 1 aliphatic rings. The first-order valence-corrected chi connectivity index (χ1v) is 6.49. The molecule has 2 N–H and O–H groups in total. The summed E-state index contributed by atoms with van der Waals surface area (Å²) in [6, 6.07) is 16.5. The normalized spacial score (nSPS) is 14.4. The predicted octanol–water partition coefficient (Wildman–Crippen LogP) is 2.53. The Balaban J connectivity index is 1.65. The van der Waals surface area contributed by atoms with Gasteiger partial charge in [0.2, 0.25) is 6.79 Å². The number of rotatable bonds is 4. The highest BCUT2D eigenvalue weighted by Gasteiger charge is 2.14. The van der Waals surface area contributed by atoms with Crippen LogP contribution in [0.2, 0.25) is 0 Å². The molecule has 0 amide bonds. The second-order valence-electron chi connectivity index (χ2n) is 4.84. The van der Waals surface area contributed by atoms with E-state index in [0.29, 0.717) is 6.79 Å². The summed E-state index contributed by atoms with van der Waals surface area (Å²) in [5.74, 6) is 1.64. The predicted molar refractivity (Wildman–Crippen MR) is 74.4 cm³/mol. The lowest BCUT2D eigenvalue weighted by Crippen LogP contribution is -2.25. The van der Waals surface area contributed by atoms with Gasteiger partial charge in [-0.2, -0.15) is 0 Å². The first-order chi connectivity index (χ1) is 9.31. The molecule has 2 aromatic rings. The van der Waals surface area contributed by atoms with E-state index in [2.05, 4.69) is 18.2 Å². The third kappa shape index (κ3) is 2.88. The molecule has 0 bridgehead atoms. The number of benzene rings is 2. The fourth-order valence-corrected chi connectivity index (χ4v) is 2.36. The van der Waals surface area contributed by atoms with Crippen molar-refractivity contribution in [3.8, 4) is 11.5 Å². The molecule has 2 aromatic carbocycles. The monoisotopic (exact) mass is 255 g/mol. The molecule has 3 heteroatoms. The van der Waals surface area contributed by atoms with Gasteiger partial charge in [0, 0.05) is 6.04 Å². The molecule has 0 spiro atoms. The minimum Gasteiger partial charge on any atom is -0.454 e. The summed E-state index contributed by atoms with van der Waals surface area (Å²) in [5.41, 5.74) is 8.67. The van der Waals surface area contributed by atoms with Crippen LogP contribution in [0.5, 0.6) is 11.5 Å². The van der Waals surface area contributed by atoms with Crippen LogP contribution in [0.15, 0.2) is 48.5 Å². The molecule has 1 heterocycles. The Kier molecular flexibility index (Phi) is 3.38. The summed E-state index contributed by atoms with van der Waals surface area (Å²) in [5, 5.41) is 0. The van der Waals surface area contributed by atoms with Crippen LogP contribution in [0.4, 0.5) is 0 Å². The average Bonchev–Trinajstić information content (AvgIpc) is 2.87. The van der Waals surface area contributed by atoms with Gasteiger partial charge in [-0.05, 0) is 36.1 Å². The second kappa shape index (κ2) is 5.33. The van der Waals surface area contributed by atoms with E-state index >= 15 is 0 Å². The van der Waals surface area contributed by atoms with Gasteiger partial charge in [-0.3, -0.25) is 0 Å². The van der Waals surface area contributed by atoms with Crippen LogP contribution in [-0.2, 0) is 12.8 Å². The summed E-state index contributed by atoms with van der Waals surface area (Å²) in [7, 11) is 0. The third-order valence-corrected chi connectivity index (χ3v) is 3.28. The van der Waals surface area contributed by atoms with E-state index in [1.807, 2.05) is 30.3 Å². The van der Waals surface area contributed by atoms with Gasteiger partial charge in [-0.25, -0.2) is 0 Å². The second-order valence-corrected chi connectivity index (χ2v) is 4.84. The van der Waals surface area contributed by atoms with E-state index in [1.54, 1.807) is 0 Å². The van der Waals surface area contributed by atoms with Crippen LogP contribution in [0.1, 0.15) is 11.1 Å². The van der Waals surface area contributed by atoms with Gasteiger partial charge >= 0.3 is 0 Å². The standard InChI is InChI=1S/C16H17NO2/c17-14(8-12-4-2-1-3-5-12)9-13-6-7-15-16(10-13)19-11-18-15/h1-7,10,14H,8-9,11,17H2. The summed E-state index contributed by atoms with van der Waals surface area (Å²) in [4.78, 5) is 0. The lowest BCUT2D eigenvalue weighted by Gasteiger charge is -2.12. The molecule has 0 saturated heterocycles. The van der Waals surface area contributed by atoms with Crippen molar-refractivity contribution < 1.29 is 9.47 Å². The molecule has 98 valence electrons. The molecule has 0 radical (unpaired) electrons. The molecule has 0 fully saturated rings. The van der Waals surface area contributed by atoms with Crippen molar-refractivity contribution in [1.29, 1.82) is 0 Å². The Labute approximate surface area is 113 Å². The molecule has 3 rings (SSSR count). The van der Waals surface area contributed by atoms with Crippen molar-refractivity contribution in [3.05, 3.63) is 59.7 Å². The van der Waals surface area contributed by atoms with E-state index in [1.165, 1.54) is 11.1 Å². The maximum atomic E-state index is 6.21. The summed E-state index contributed by atoms with van der Waals surface area (Å²) >= 11 is 0. The molecule has 0 aromatic heterocycles. The average molecular weight is 255 g/mol. The van der Waals surface area contributed by atoms with E-state index in [-0.39, 0.29) is 6.04 Å². The Bertz CT molecular complexity index is 554. The van der Waals surface area contributed by atoms with Gasteiger partial charge in [-0.1, -0.05) is 36.4 Å². The van der Waals surface area contributed by atoms with Gasteiger partial charge < -0.3 is 15.2 Å². The molecule has 1 unspecified atom stereocenters. The highest BCUT2D eigenvalue weighted by atomic mass is 16.7. The smallest absolute Gasteiger partial charge is 0.231 e. The SMILES string of the molecule is NC(Cc1ccccc1)Cc1ccc2c(c1)OCO2. The molecule has 1 atom stereocenters. The fourth-order valence-electron chi connectivity index (χ4n) is 2.36. The first kappa shape index (κ1) is 12.1. The van der Waals surface area contributed by atoms with Crippen LogP contribution in [0, 0.1) is 0 Å². The minimum absolute atomic E-state index is 0.114. The van der Waals surface area contributed by atoms with Crippen LogP contribution >= 0.6 is 0 Å². The quantitative estimate of drug-likeness (QED) is 0.913. The van der Waals surface area contributed by atoms with E-state index in [9.17, 15) is 0 Å². The number of hydrogen-bond acceptors (Lipinski definition) is 3. The maximum absolute atomic E-state index is 6.21. The van der Waals surface area contributed by atoms with Crippen molar-refractivity contribution in [1.82, 2.24) is 0 Å². The zero-order chi connectivity index (χ0) is 13.1. The highest BCUT2D eigenvalue weighted by molar-refractivity contribution is 5.44. The van der Waals surface area contributed by atoms with Gasteiger partial charge in [0.1, 0.15) is 0 Å². The maximum Gasteiger partial charge on any atom is 0.231 e. The topological polar surface area (TPSA) is 44.5 Å². The van der Waals surface area contributed by atoms with Crippen LogP contribution in [-0.4, -0.2) is 12.8 Å². The van der Waals surface area contributed by atoms with Crippen LogP contribution in [0.3, 0.4) is 0 Å². The Morgan fingerprint density at radius 2 is 1.63 bits per heavy atom. The Hall–Kier alpha value is -2.00. The minimum atomic E-state index is 0.114. The van der Waals surface area contributed by atoms with Crippen LogP contribution < -0.4 is 15.2 Å². The molecule has 1 aliphatic heterocycles. The van der Waals surface area contributed by atoms with Crippen molar-refractivity contribution in [3.63, 3.8) is 0 Å². The number of ether oxygens (including phenoxy) is 2. The van der Waals surface area contributed by atoms with Crippen LogP contribution in [0.25, 0.3) is 0 Å². The summed E-state index contributed by atoms with van der Waals surface area (Å²) < 4.78 is 10.7. The lowest BCUT2D eigenvalue weighted by molar-refractivity contribution is 0.174. The number of hydrogen-bond donors (Lipinski definition) is 1. The van der Waals surface area contributed by atoms with Gasteiger partial charge in [0.05, 0.1) is 0 Å². The highest BCUT2D eigenvalue weighted by Crippen LogP contribution is 2.32. The molecular weight excluding hydrogens is 238 g/mol. The fraction of sp³-hybridized carbons (Fsp3) is 0.250. The van der Waals surface area contributed by atoms with Crippen molar-refractivity contribution >= 4 is 0 Å². The Morgan fingerprint density at radius 1 is 0.895 bits per heavy atom. The van der Waals surface area contributed by atoms with Crippen molar-refractivity contribution in [2.75, 3.05) is 6.79 Å². The molecular formula is C16H17NO2. The van der Waals surface area contributed by atoms with E-state index in [0.717, 1.165) is 24.3 Å². The first-order valence-electron chi connectivity index (χ1n) is 6.49. The Morgan fingerprint density at radius 3 is 2.47 bits per heavy atom. The molecule has 19 heavy (non-hydrogen) atoms. The lowest BCUT2D eigenvalue weighted by atomic mass is 9.99. The number of fused-ring (bicyclic) bond motifs is 1. The molecule has 0 aliphatic carbocycles. The largest absolute Gasteiger partial charge is 0.454 e. The zero-order valence-corrected chi connectivity index (χ0v) is 10.7. The van der Waals surface area contributed by atoms with Gasteiger partial charge in [-0.15, -0.1) is 0 Å². The molecule has 0 saturated carbocycles. The van der Waals surface area contributed by atoms with E-state index < -0.39 is 0 Å².